The maximum absolute atomic E-state index is 5.80. The number of nitrogens with zero attached hydrogens (tertiary/aromatic N) is 1. The van der Waals surface area contributed by atoms with Gasteiger partial charge in [0.1, 0.15) is 6.61 Å². The average Bonchev–Trinajstić information content (AvgIpc) is 2.38. The Morgan fingerprint density at radius 2 is 1.88 bits per heavy atom. The number of pyridine rings is 1. The summed E-state index contributed by atoms with van der Waals surface area (Å²) in [6, 6.07) is 11.2. The third-order valence-corrected chi connectivity index (χ3v) is 2.59. The van der Waals surface area contributed by atoms with E-state index in [1.807, 2.05) is 36.4 Å². The van der Waals surface area contributed by atoms with Crippen molar-refractivity contribution in [2.24, 2.45) is 5.73 Å². The Kier molecular flexibility index (Phi) is 3.96. The van der Waals surface area contributed by atoms with Gasteiger partial charge in [0.25, 0.3) is 0 Å². The Morgan fingerprint density at radius 3 is 2.59 bits per heavy atom. The SMILES string of the molecule is NCc1ccnc(OCc2ccc(Cl)cc2)c1. The fourth-order valence-electron chi connectivity index (χ4n) is 1.39. The first kappa shape index (κ1) is 11.9. The smallest absolute Gasteiger partial charge is 0.213 e. The van der Waals surface area contributed by atoms with Crippen LogP contribution in [0.15, 0.2) is 42.6 Å². The summed E-state index contributed by atoms with van der Waals surface area (Å²) in [6.07, 6.45) is 1.69. The van der Waals surface area contributed by atoms with Crippen molar-refractivity contribution in [1.29, 1.82) is 0 Å². The molecule has 0 aliphatic heterocycles. The van der Waals surface area contributed by atoms with Crippen LogP contribution in [0.5, 0.6) is 5.88 Å². The summed E-state index contributed by atoms with van der Waals surface area (Å²) in [4.78, 5) is 4.12. The molecule has 0 saturated heterocycles. The maximum atomic E-state index is 5.80. The molecule has 1 aromatic carbocycles. The Hall–Kier alpha value is -1.58. The number of hydrogen-bond acceptors (Lipinski definition) is 3. The van der Waals surface area contributed by atoms with Gasteiger partial charge in [0, 0.05) is 23.8 Å². The molecule has 2 N–H and O–H groups in total. The molecule has 0 radical (unpaired) electrons. The van der Waals surface area contributed by atoms with Gasteiger partial charge in [-0.3, -0.25) is 0 Å². The highest BCUT2D eigenvalue weighted by molar-refractivity contribution is 6.30. The van der Waals surface area contributed by atoms with Crippen LogP contribution in [-0.4, -0.2) is 4.98 Å². The molecule has 1 heterocycles. The van der Waals surface area contributed by atoms with Gasteiger partial charge in [-0.1, -0.05) is 23.7 Å². The number of rotatable bonds is 4. The molecule has 17 heavy (non-hydrogen) atoms. The molecular weight excluding hydrogens is 236 g/mol. The summed E-state index contributed by atoms with van der Waals surface area (Å²) >= 11 is 5.80. The Balaban J connectivity index is 1.99. The van der Waals surface area contributed by atoms with Crippen LogP contribution < -0.4 is 10.5 Å². The zero-order chi connectivity index (χ0) is 12.1. The Labute approximate surface area is 105 Å². The average molecular weight is 249 g/mol. The largest absolute Gasteiger partial charge is 0.473 e. The monoisotopic (exact) mass is 248 g/mol. The number of nitrogens with two attached hydrogens (primary N) is 1. The molecule has 0 saturated carbocycles. The molecule has 0 amide bonds. The molecule has 88 valence electrons. The van der Waals surface area contributed by atoms with E-state index < -0.39 is 0 Å². The van der Waals surface area contributed by atoms with E-state index >= 15 is 0 Å². The molecule has 0 atom stereocenters. The normalized spacial score (nSPS) is 10.2. The number of halogens is 1. The van der Waals surface area contributed by atoms with Gasteiger partial charge in [-0.2, -0.15) is 0 Å². The van der Waals surface area contributed by atoms with Crippen molar-refractivity contribution in [2.75, 3.05) is 0 Å². The van der Waals surface area contributed by atoms with Crippen LogP contribution in [0, 0.1) is 0 Å². The molecule has 3 nitrogen and oxygen atoms in total. The van der Waals surface area contributed by atoms with Crippen LogP contribution >= 0.6 is 11.6 Å². The lowest BCUT2D eigenvalue weighted by Crippen LogP contribution is -2.00. The van der Waals surface area contributed by atoms with Crippen molar-refractivity contribution < 1.29 is 4.74 Å². The minimum atomic E-state index is 0.470. The first-order valence-corrected chi connectivity index (χ1v) is 5.68. The molecule has 1 aromatic heterocycles. The third-order valence-electron chi connectivity index (χ3n) is 2.33. The number of hydrogen-bond donors (Lipinski definition) is 1. The minimum absolute atomic E-state index is 0.470. The molecular formula is C13H13ClN2O. The number of benzene rings is 1. The van der Waals surface area contributed by atoms with Crippen LogP contribution in [0.3, 0.4) is 0 Å². The van der Waals surface area contributed by atoms with Gasteiger partial charge >= 0.3 is 0 Å². The summed E-state index contributed by atoms with van der Waals surface area (Å²) < 4.78 is 5.56. The molecule has 0 aliphatic carbocycles. The van der Waals surface area contributed by atoms with Crippen molar-refractivity contribution >= 4 is 11.6 Å². The van der Waals surface area contributed by atoms with E-state index in [1.165, 1.54) is 0 Å². The number of aromatic nitrogens is 1. The van der Waals surface area contributed by atoms with Crippen molar-refractivity contribution in [3.8, 4) is 5.88 Å². The quantitative estimate of drug-likeness (QED) is 0.905. The van der Waals surface area contributed by atoms with Gasteiger partial charge in [0.15, 0.2) is 0 Å². The topological polar surface area (TPSA) is 48.1 Å². The highest BCUT2D eigenvalue weighted by Crippen LogP contribution is 2.13. The van der Waals surface area contributed by atoms with E-state index in [0.29, 0.717) is 19.0 Å². The van der Waals surface area contributed by atoms with Gasteiger partial charge < -0.3 is 10.5 Å². The third kappa shape index (κ3) is 3.44. The van der Waals surface area contributed by atoms with Crippen molar-refractivity contribution in [2.45, 2.75) is 13.2 Å². The second kappa shape index (κ2) is 5.66. The zero-order valence-corrected chi connectivity index (χ0v) is 10.0. The molecule has 2 aromatic rings. The lowest BCUT2D eigenvalue weighted by atomic mass is 10.2. The van der Waals surface area contributed by atoms with Crippen molar-refractivity contribution in [1.82, 2.24) is 4.98 Å². The maximum Gasteiger partial charge on any atom is 0.213 e. The summed E-state index contributed by atoms with van der Waals surface area (Å²) in [6.45, 7) is 0.956. The molecule has 2 rings (SSSR count). The summed E-state index contributed by atoms with van der Waals surface area (Å²) in [7, 11) is 0. The number of ether oxygens (including phenoxy) is 1. The first-order valence-electron chi connectivity index (χ1n) is 5.30. The van der Waals surface area contributed by atoms with Crippen LogP contribution in [0.4, 0.5) is 0 Å². The van der Waals surface area contributed by atoms with Crippen LogP contribution in [0.2, 0.25) is 5.02 Å². The van der Waals surface area contributed by atoms with Crippen LogP contribution in [0.1, 0.15) is 11.1 Å². The van der Waals surface area contributed by atoms with Gasteiger partial charge in [0.2, 0.25) is 5.88 Å². The Morgan fingerprint density at radius 1 is 1.12 bits per heavy atom. The van der Waals surface area contributed by atoms with Crippen molar-refractivity contribution in [3.05, 3.63) is 58.7 Å². The zero-order valence-electron chi connectivity index (χ0n) is 9.27. The van der Waals surface area contributed by atoms with E-state index in [1.54, 1.807) is 6.20 Å². The fraction of sp³-hybridized carbons (Fsp3) is 0.154. The standard InChI is InChI=1S/C13H13ClN2O/c14-12-3-1-10(2-4-12)9-17-13-7-11(8-15)5-6-16-13/h1-7H,8-9,15H2. The predicted molar refractivity (Wildman–Crippen MR) is 67.9 cm³/mol. The van der Waals surface area contributed by atoms with Gasteiger partial charge in [-0.15, -0.1) is 0 Å². The van der Waals surface area contributed by atoms with Gasteiger partial charge in [-0.05, 0) is 29.3 Å². The molecule has 0 aliphatic rings. The van der Waals surface area contributed by atoms with Crippen LogP contribution in [-0.2, 0) is 13.2 Å². The second-order valence-corrected chi connectivity index (χ2v) is 4.06. The van der Waals surface area contributed by atoms with Crippen molar-refractivity contribution in [3.63, 3.8) is 0 Å². The summed E-state index contributed by atoms with van der Waals surface area (Å²) in [5.74, 6) is 0.586. The van der Waals surface area contributed by atoms with Crippen LogP contribution in [0.25, 0.3) is 0 Å². The van der Waals surface area contributed by atoms with Gasteiger partial charge in [-0.25, -0.2) is 4.98 Å². The van der Waals surface area contributed by atoms with E-state index in [0.717, 1.165) is 16.1 Å². The lowest BCUT2D eigenvalue weighted by molar-refractivity contribution is 0.293. The summed E-state index contributed by atoms with van der Waals surface area (Å²) in [5, 5.41) is 0.719. The molecule has 4 heteroatoms. The molecule has 0 spiro atoms. The first-order chi connectivity index (χ1) is 8.28. The van der Waals surface area contributed by atoms with E-state index in [2.05, 4.69) is 4.98 Å². The second-order valence-electron chi connectivity index (χ2n) is 3.62. The molecule has 0 unspecified atom stereocenters. The van der Waals surface area contributed by atoms with E-state index in [9.17, 15) is 0 Å². The highest BCUT2D eigenvalue weighted by Gasteiger charge is 1.98. The Bertz CT molecular complexity index is 485. The fourth-order valence-corrected chi connectivity index (χ4v) is 1.52. The van der Waals surface area contributed by atoms with E-state index in [-0.39, 0.29) is 0 Å². The van der Waals surface area contributed by atoms with Gasteiger partial charge in [0.05, 0.1) is 0 Å². The molecule has 0 bridgehead atoms. The predicted octanol–water partition coefficient (Wildman–Crippen LogP) is 2.77. The minimum Gasteiger partial charge on any atom is -0.473 e. The molecule has 0 fully saturated rings. The van der Waals surface area contributed by atoms with E-state index in [4.69, 9.17) is 22.1 Å². The summed E-state index contributed by atoms with van der Waals surface area (Å²) in [5.41, 5.74) is 7.60. The highest BCUT2D eigenvalue weighted by atomic mass is 35.5. The lowest BCUT2D eigenvalue weighted by Gasteiger charge is -2.06.